The summed E-state index contributed by atoms with van der Waals surface area (Å²) in [6.07, 6.45) is 6.37. The molecule has 3 N–H and O–H groups in total. The Morgan fingerprint density at radius 1 is 1.44 bits per heavy atom. The van der Waals surface area contributed by atoms with Gasteiger partial charge >= 0.3 is 0 Å². The van der Waals surface area contributed by atoms with E-state index in [2.05, 4.69) is 17.2 Å². The Morgan fingerprint density at radius 2 is 2.11 bits per heavy atom. The fourth-order valence-corrected chi connectivity index (χ4v) is 3.11. The van der Waals surface area contributed by atoms with Crippen LogP contribution < -0.4 is 11.1 Å². The van der Waals surface area contributed by atoms with Crippen LogP contribution in [-0.4, -0.2) is 17.4 Å². The smallest absolute Gasteiger partial charge is 0.270 e. The SMILES string of the molecule is CCC1CCC(CNC(=O)c2csc(N)n2)CC1. The number of rotatable bonds is 4. The van der Waals surface area contributed by atoms with E-state index < -0.39 is 0 Å². The molecule has 1 fully saturated rings. The summed E-state index contributed by atoms with van der Waals surface area (Å²) in [7, 11) is 0. The lowest BCUT2D eigenvalue weighted by Gasteiger charge is -2.27. The summed E-state index contributed by atoms with van der Waals surface area (Å²) in [6, 6.07) is 0. The topological polar surface area (TPSA) is 68.0 Å². The Morgan fingerprint density at radius 3 is 2.67 bits per heavy atom. The maximum atomic E-state index is 11.8. The van der Waals surface area contributed by atoms with Crippen molar-refractivity contribution < 1.29 is 4.79 Å². The second kappa shape index (κ2) is 6.18. The molecule has 1 saturated carbocycles. The van der Waals surface area contributed by atoms with E-state index in [9.17, 15) is 4.79 Å². The van der Waals surface area contributed by atoms with Crippen LogP contribution in [0, 0.1) is 11.8 Å². The normalized spacial score (nSPS) is 23.8. The van der Waals surface area contributed by atoms with E-state index >= 15 is 0 Å². The molecular formula is C13H21N3OS. The van der Waals surface area contributed by atoms with Gasteiger partial charge in [0.15, 0.2) is 5.13 Å². The number of aromatic nitrogens is 1. The van der Waals surface area contributed by atoms with E-state index in [4.69, 9.17) is 5.73 Å². The van der Waals surface area contributed by atoms with E-state index in [1.807, 2.05) is 0 Å². The van der Waals surface area contributed by atoms with Crippen LogP contribution in [0.5, 0.6) is 0 Å². The van der Waals surface area contributed by atoms with Crippen LogP contribution in [0.15, 0.2) is 5.38 Å². The lowest BCUT2D eigenvalue weighted by Crippen LogP contribution is -2.31. The van der Waals surface area contributed by atoms with Crippen molar-refractivity contribution >= 4 is 22.4 Å². The molecule has 18 heavy (non-hydrogen) atoms. The minimum Gasteiger partial charge on any atom is -0.375 e. The van der Waals surface area contributed by atoms with Crippen LogP contribution in [-0.2, 0) is 0 Å². The van der Waals surface area contributed by atoms with Crippen LogP contribution in [0.2, 0.25) is 0 Å². The standard InChI is InChI=1S/C13H21N3OS/c1-2-9-3-5-10(6-4-9)7-15-12(17)11-8-18-13(14)16-11/h8-10H,2-7H2,1H3,(H2,14,16)(H,15,17). The molecular weight excluding hydrogens is 246 g/mol. The van der Waals surface area contributed by atoms with Gasteiger partial charge in [-0.1, -0.05) is 26.2 Å². The Bertz CT molecular complexity index is 397. The largest absolute Gasteiger partial charge is 0.375 e. The molecule has 0 aromatic carbocycles. The summed E-state index contributed by atoms with van der Waals surface area (Å²) in [5, 5.41) is 5.12. The van der Waals surface area contributed by atoms with Crippen molar-refractivity contribution in [1.29, 1.82) is 0 Å². The first-order valence-electron chi connectivity index (χ1n) is 6.68. The predicted molar refractivity (Wildman–Crippen MR) is 74.6 cm³/mol. The third kappa shape index (κ3) is 3.45. The summed E-state index contributed by atoms with van der Waals surface area (Å²) in [4.78, 5) is 15.8. The highest BCUT2D eigenvalue weighted by atomic mass is 32.1. The molecule has 4 nitrogen and oxygen atoms in total. The molecule has 0 aliphatic heterocycles. The van der Waals surface area contributed by atoms with Crippen LogP contribution in [0.25, 0.3) is 0 Å². The predicted octanol–water partition coefficient (Wildman–Crippen LogP) is 2.67. The minimum absolute atomic E-state index is 0.0967. The highest BCUT2D eigenvalue weighted by Gasteiger charge is 2.20. The van der Waals surface area contributed by atoms with Gasteiger partial charge in [-0.15, -0.1) is 11.3 Å². The maximum absolute atomic E-state index is 11.8. The Balaban J connectivity index is 1.74. The van der Waals surface area contributed by atoms with Crippen molar-refractivity contribution in [3.05, 3.63) is 11.1 Å². The Labute approximate surface area is 112 Å². The third-order valence-electron chi connectivity index (χ3n) is 3.85. The first kappa shape index (κ1) is 13.3. The van der Waals surface area contributed by atoms with Gasteiger partial charge in [-0.25, -0.2) is 4.98 Å². The number of anilines is 1. The average molecular weight is 267 g/mol. The van der Waals surface area contributed by atoms with E-state index in [0.29, 0.717) is 16.7 Å². The van der Waals surface area contributed by atoms with Crippen molar-refractivity contribution in [3.8, 4) is 0 Å². The van der Waals surface area contributed by atoms with E-state index in [1.54, 1.807) is 5.38 Å². The van der Waals surface area contributed by atoms with Crippen LogP contribution in [0.3, 0.4) is 0 Å². The van der Waals surface area contributed by atoms with E-state index in [0.717, 1.165) is 12.5 Å². The molecule has 5 heteroatoms. The van der Waals surface area contributed by atoms with Gasteiger partial charge in [-0.3, -0.25) is 4.79 Å². The summed E-state index contributed by atoms with van der Waals surface area (Å²) in [5.74, 6) is 1.43. The molecule has 0 bridgehead atoms. The molecule has 0 saturated heterocycles. The fourth-order valence-electron chi connectivity index (χ4n) is 2.56. The first-order valence-corrected chi connectivity index (χ1v) is 7.56. The molecule has 1 aliphatic carbocycles. The number of hydrogen-bond acceptors (Lipinski definition) is 4. The molecule has 1 aromatic heterocycles. The lowest BCUT2D eigenvalue weighted by atomic mass is 9.81. The molecule has 0 radical (unpaired) electrons. The molecule has 0 spiro atoms. The second-order valence-corrected chi connectivity index (χ2v) is 5.97. The third-order valence-corrected chi connectivity index (χ3v) is 4.52. The lowest BCUT2D eigenvalue weighted by molar-refractivity contribution is 0.0937. The minimum atomic E-state index is -0.0967. The molecule has 0 atom stereocenters. The molecule has 1 heterocycles. The van der Waals surface area contributed by atoms with Crippen molar-refractivity contribution in [1.82, 2.24) is 10.3 Å². The highest BCUT2D eigenvalue weighted by Crippen LogP contribution is 2.30. The Kier molecular flexibility index (Phi) is 4.58. The number of nitrogens with one attached hydrogen (secondary N) is 1. The Hall–Kier alpha value is -1.10. The zero-order valence-electron chi connectivity index (χ0n) is 10.8. The monoisotopic (exact) mass is 267 g/mol. The summed E-state index contributed by atoms with van der Waals surface area (Å²) in [6.45, 7) is 3.03. The molecule has 2 rings (SSSR count). The maximum Gasteiger partial charge on any atom is 0.270 e. The number of nitrogens with zero attached hydrogens (tertiary/aromatic N) is 1. The second-order valence-electron chi connectivity index (χ2n) is 5.08. The molecule has 1 aromatic rings. The van der Waals surface area contributed by atoms with Gasteiger partial charge in [0.05, 0.1) is 0 Å². The van der Waals surface area contributed by atoms with Crippen LogP contribution in [0.1, 0.15) is 49.5 Å². The van der Waals surface area contributed by atoms with Gasteiger partial charge in [0.1, 0.15) is 5.69 Å². The zero-order valence-corrected chi connectivity index (χ0v) is 11.6. The number of hydrogen-bond donors (Lipinski definition) is 2. The van der Waals surface area contributed by atoms with E-state index in [1.165, 1.54) is 43.4 Å². The van der Waals surface area contributed by atoms with Crippen molar-refractivity contribution in [2.45, 2.75) is 39.0 Å². The fraction of sp³-hybridized carbons (Fsp3) is 0.692. The summed E-state index contributed by atoms with van der Waals surface area (Å²) < 4.78 is 0. The molecule has 0 unspecified atom stereocenters. The van der Waals surface area contributed by atoms with Gasteiger partial charge in [0.25, 0.3) is 5.91 Å². The van der Waals surface area contributed by atoms with Gasteiger partial charge < -0.3 is 11.1 Å². The number of carbonyl (C=O) groups excluding carboxylic acids is 1. The molecule has 1 amide bonds. The summed E-state index contributed by atoms with van der Waals surface area (Å²) >= 11 is 1.30. The number of nitrogen functional groups attached to an aromatic ring is 1. The van der Waals surface area contributed by atoms with Crippen LogP contribution in [0.4, 0.5) is 5.13 Å². The highest BCUT2D eigenvalue weighted by molar-refractivity contribution is 7.13. The van der Waals surface area contributed by atoms with Crippen molar-refractivity contribution in [2.75, 3.05) is 12.3 Å². The zero-order chi connectivity index (χ0) is 13.0. The number of carbonyl (C=O) groups is 1. The van der Waals surface area contributed by atoms with Gasteiger partial charge in [-0.2, -0.15) is 0 Å². The van der Waals surface area contributed by atoms with Crippen molar-refractivity contribution in [2.24, 2.45) is 11.8 Å². The van der Waals surface area contributed by atoms with Gasteiger partial charge in [0, 0.05) is 11.9 Å². The van der Waals surface area contributed by atoms with E-state index in [-0.39, 0.29) is 5.91 Å². The summed E-state index contributed by atoms with van der Waals surface area (Å²) in [5.41, 5.74) is 5.96. The van der Waals surface area contributed by atoms with Gasteiger partial charge in [0.2, 0.25) is 0 Å². The number of nitrogens with two attached hydrogens (primary N) is 1. The molecule has 100 valence electrons. The van der Waals surface area contributed by atoms with Gasteiger partial charge in [-0.05, 0) is 24.7 Å². The number of thiazole rings is 1. The van der Waals surface area contributed by atoms with Crippen LogP contribution >= 0.6 is 11.3 Å². The number of amides is 1. The van der Waals surface area contributed by atoms with Crippen molar-refractivity contribution in [3.63, 3.8) is 0 Å². The first-order chi connectivity index (χ1) is 8.69. The molecule has 1 aliphatic rings. The quantitative estimate of drug-likeness (QED) is 0.881. The average Bonchev–Trinajstić information content (AvgIpc) is 2.83.